The van der Waals surface area contributed by atoms with Crippen molar-refractivity contribution in [1.82, 2.24) is 5.32 Å². The van der Waals surface area contributed by atoms with Crippen molar-refractivity contribution < 1.29 is 24.2 Å². The number of carboxylic acid groups (broad SMARTS) is 1. The monoisotopic (exact) mass is 666 g/mol. The van der Waals surface area contributed by atoms with E-state index in [1.807, 2.05) is 0 Å². The van der Waals surface area contributed by atoms with Crippen LogP contribution in [0.25, 0.3) is 0 Å². The molecule has 1 unspecified atom stereocenters. The third kappa shape index (κ3) is 37.1. The fraction of sp³-hybridized carbons (Fsp3) is 0.927. The smallest absolute Gasteiger partial charge is 0.322 e. The van der Waals surface area contributed by atoms with Crippen LogP contribution in [0.3, 0.4) is 0 Å². The Kier molecular flexibility index (Phi) is 36.0. The Morgan fingerprint density at radius 1 is 0.468 bits per heavy atom. The van der Waals surface area contributed by atoms with Gasteiger partial charge in [-0.3, -0.25) is 14.4 Å². The highest BCUT2D eigenvalue weighted by atomic mass is 16.5. The number of esters is 1. The van der Waals surface area contributed by atoms with Gasteiger partial charge in [-0.2, -0.15) is 0 Å². The van der Waals surface area contributed by atoms with Gasteiger partial charge in [0.1, 0.15) is 12.6 Å². The Morgan fingerprint density at radius 2 is 0.787 bits per heavy atom. The second-order valence-corrected chi connectivity index (χ2v) is 14.3. The van der Waals surface area contributed by atoms with Gasteiger partial charge in [0, 0.05) is 12.8 Å². The maximum absolute atomic E-state index is 12.7. The van der Waals surface area contributed by atoms with Gasteiger partial charge in [0.05, 0.1) is 0 Å². The number of nitrogens with one attached hydrogen (secondary N) is 1. The van der Waals surface area contributed by atoms with E-state index in [1.165, 1.54) is 141 Å². The van der Waals surface area contributed by atoms with Crippen LogP contribution in [-0.2, 0) is 19.1 Å². The summed E-state index contributed by atoms with van der Waals surface area (Å²) in [4.78, 5) is 34.9. The molecule has 0 spiro atoms. The molecular formula is C41H79NO5. The van der Waals surface area contributed by atoms with Crippen molar-refractivity contribution >= 4 is 17.8 Å². The van der Waals surface area contributed by atoms with E-state index in [4.69, 9.17) is 9.84 Å². The molecule has 0 aromatic carbocycles. The van der Waals surface area contributed by atoms with Gasteiger partial charge in [-0.1, -0.05) is 181 Å². The zero-order chi connectivity index (χ0) is 34.5. The molecule has 6 nitrogen and oxygen atoms in total. The number of ether oxygens (including phenoxy) is 1. The molecule has 0 aliphatic carbocycles. The molecule has 0 aromatic rings. The Bertz CT molecular complexity index is 697. The highest BCUT2D eigenvalue weighted by Gasteiger charge is 2.14. The molecule has 47 heavy (non-hydrogen) atoms. The van der Waals surface area contributed by atoms with Gasteiger partial charge in [0.2, 0.25) is 5.91 Å². The number of aliphatic carboxylic acids is 1. The Morgan fingerprint density at radius 3 is 1.15 bits per heavy atom. The molecule has 1 atom stereocenters. The third-order valence-corrected chi connectivity index (χ3v) is 9.53. The number of hydrogen-bond donors (Lipinski definition) is 2. The van der Waals surface area contributed by atoms with E-state index >= 15 is 0 Å². The van der Waals surface area contributed by atoms with Gasteiger partial charge >= 0.3 is 11.9 Å². The van der Waals surface area contributed by atoms with Crippen LogP contribution >= 0.6 is 0 Å². The molecule has 0 fully saturated rings. The van der Waals surface area contributed by atoms with Crippen LogP contribution in [0.2, 0.25) is 0 Å². The summed E-state index contributed by atoms with van der Waals surface area (Å²) in [5.74, 6) is -1.21. The summed E-state index contributed by atoms with van der Waals surface area (Å²) in [6.45, 7) is 4.23. The first-order valence-corrected chi connectivity index (χ1v) is 20.7. The van der Waals surface area contributed by atoms with Gasteiger partial charge in [-0.15, -0.1) is 0 Å². The zero-order valence-corrected chi connectivity index (χ0v) is 31.4. The molecule has 0 radical (unpaired) electrons. The molecule has 278 valence electrons. The molecule has 2 N–H and O–H groups in total. The molecule has 0 aliphatic heterocycles. The molecule has 0 aromatic heterocycles. The number of rotatable bonds is 38. The van der Waals surface area contributed by atoms with Crippen LogP contribution in [-0.4, -0.2) is 35.6 Å². The molecule has 0 bridgehead atoms. The maximum atomic E-state index is 12.7. The lowest BCUT2D eigenvalue weighted by Crippen LogP contribution is -2.28. The summed E-state index contributed by atoms with van der Waals surface area (Å²) in [5.41, 5.74) is 0. The van der Waals surface area contributed by atoms with E-state index in [2.05, 4.69) is 19.2 Å². The Hall–Kier alpha value is -1.59. The number of unbranched alkanes of at least 4 members (excludes halogenated alkanes) is 27. The first-order chi connectivity index (χ1) is 23.0. The Labute approximate surface area is 291 Å². The topological polar surface area (TPSA) is 92.7 Å². The van der Waals surface area contributed by atoms with Crippen LogP contribution < -0.4 is 5.32 Å². The predicted octanol–water partition coefficient (Wildman–Crippen LogP) is 12.4. The number of amides is 1. The zero-order valence-electron chi connectivity index (χ0n) is 31.4. The average molecular weight is 666 g/mol. The van der Waals surface area contributed by atoms with Crippen molar-refractivity contribution in [3.8, 4) is 0 Å². The van der Waals surface area contributed by atoms with Crippen molar-refractivity contribution in [1.29, 1.82) is 0 Å². The quantitative estimate of drug-likeness (QED) is 0.0506. The SMILES string of the molecule is CCCCCCCCCCCCCCCCCCCC(=O)OC(CCCCCCCCCC)CCCCCCCC(=O)NCC(=O)O. The summed E-state index contributed by atoms with van der Waals surface area (Å²) < 4.78 is 6.00. The average Bonchev–Trinajstić information content (AvgIpc) is 3.05. The van der Waals surface area contributed by atoms with Gasteiger partial charge in [0.15, 0.2) is 0 Å². The van der Waals surface area contributed by atoms with Crippen LogP contribution in [0.5, 0.6) is 0 Å². The van der Waals surface area contributed by atoms with E-state index in [1.54, 1.807) is 0 Å². The van der Waals surface area contributed by atoms with Crippen LogP contribution in [0.1, 0.15) is 232 Å². The molecule has 0 heterocycles. The highest BCUT2D eigenvalue weighted by molar-refractivity contribution is 5.80. The molecule has 0 rings (SSSR count). The van der Waals surface area contributed by atoms with Gasteiger partial charge in [-0.05, 0) is 38.5 Å². The standard InChI is InChI=1S/C41H79NO5/c1-3-5-7-9-11-13-14-15-16-17-18-19-20-21-23-28-32-36-41(46)47-38(33-29-25-22-12-10-8-6-4-2)34-30-26-24-27-31-35-39(43)42-37-40(44)45/h38H,3-37H2,1-2H3,(H,42,43)(H,44,45). The minimum absolute atomic E-state index is 0.0112. The Balaban J connectivity index is 3.98. The third-order valence-electron chi connectivity index (χ3n) is 9.53. The highest BCUT2D eigenvalue weighted by Crippen LogP contribution is 2.19. The summed E-state index contributed by atoms with van der Waals surface area (Å²) in [6, 6.07) is 0. The van der Waals surface area contributed by atoms with Crippen molar-refractivity contribution in [3.63, 3.8) is 0 Å². The van der Waals surface area contributed by atoms with E-state index in [0.717, 1.165) is 64.2 Å². The van der Waals surface area contributed by atoms with E-state index in [-0.39, 0.29) is 24.5 Å². The minimum atomic E-state index is -1.01. The molecule has 0 aliphatic rings. The summed E-state index contributed by atoms with van der Waals surface area (Å²) in [6.07, 6.45) is 40.9. The van der Waals surface area contributed by atoms with Gasteiger partial charge in [-0.25, -0.2) is 0 Å². The normalized spacial score (nSPS) is 11.9. The largest absolute Gasteiger partial charge is 0.480 e. The number of carbonyl (C=O) groups is 3. The van der Waals surface area contributed by atoms with Crippen molar-refractivity contribution in [2.24, 2.45) is 0 Å². The first-order valence-electron chi connectivity index (χ1n) is 20.7. The van der Waals surface area contributed by atoms with Crippen molar-refractivity contribution in [2.75, 3.05) is 6.54 Å². The van der Waals surface area contributed by atoms with Crippen LogP contribution in [0.15, 0.2) is 0 Å². The molecule has 0 saturated carbocycles. The van der Waals surface area contributed by atoms with Crippen molar-refractivity contribution in [2.45, 2.75) is 238 Å². The van der Waals surface area contributed by atoms with Crippen LogP contribution in [0, 0.1) is 0 Å². The fourth-order valence-corrected chi connectivity index (χ4v) is 6.46. The summed E-state index contributed by atoms with van der Waals surface area (Å²) >= 11 is 0. The molecule has 0 saturated heterocycles. The minimum Gasteiger partial charge on any atom is -0.480 e. The molecule has 1 amide bonds. The van der Waals surface area contributed by atoms with Crippen LogP contribution in [0.4, 0.5) is 0 Å². The summed E-state index contributed by atoms with van der Waals surface area (Å²) in [7, 11) is 0. The lowest BCUT2D eigenvalue weighted by Gasteiger charge is -2.18. The lowest BCUT2D eigenvalue weighted by atomic mass is 10.0. The molecular weight excluding hydrogens is 586 g/mol. The lowest BCUT2D eigenvalue weighted by molar-refractivity contribution is -0.150. The van der Waals surface area contributed by atoms with Gasteiger partial charge < -0.3 is 15.2 Å². The first kappa shape index (κ1) is 45.4. The maximum Gasteiger partial charge on any atom is 0.322 e. The molecule has 6 heteroatoms. The summed E-state index contributed by atoms with van der Waals surface area (Å²) in [5, 5.41) is 11.1. The second kappa shape index (κ2) is 37.2. The predicted molar refractivity (Wildman–Crippen MR) is 199 cm³/mol. The number of carbonyl (C=O) groups excluding carboxylic acids is 2. The number of carboxylic acids is 1. The number of hydrogen-bond acceptors (Lipinski definition) is 4. The van der Waals surface area contributed by atoms with Gasteiger partial charge in [0.25, 0.3) is 0 Å². The van der Waals surface area contributed by atoms with Crippen molar-refractivity contribution in [3.05, 3.63) is 0 Å². The second-order valence-electron chi connectivity index (χ2n) is 14.3. The van der Waals surface area contributed by atoms with E-state index < -0.39 is 5.97 Å². The van der Waals surface area contributed by atoms with E-state index in [0.29, 0.717) is 12.8 Å². The van der Waals surface area contributed by atoms with E-state index in [9.17, 15) is 14.4 Å². The fourth-order valence-electron chi connectivity index (χ4n) is 6.46.